The molecule has 5 rings (SSSR count). The van der Waals surface area contributed by atoms with Gasteiger partial charge in [-0.05, 0) is 53.7 Å². The van der Waals surface area contributed by atoms with Crippen LogP contribution in [0.5, 0.6) is 0 Å². The molecule has 0 aliphatic carbocycles. The molecular formula is C25H17ClN2O3S. The van der Waals surface area contributed by atoms with Gasteiger partial charge in [0.25, 0.3) is 5.22 Å². The highest BCUT2D eigenvalue weighted by Crippen LogP contribution is 2.32. The smallest absolute Gasteiger partial charge is 0.342 e. The number of halogens is 1. The molecule has 0 radical (unpaired) electrons. The van der Waals surface area contributed by atoms with Crippen LogP contribution in [0.1, 0.15) is 11.1 Å². The van der Waals surface area contributed by atoms with Crippen molar-refractivity contribution in [2.75, 3.05) is 0 Å². The van der Waals surface area contributed by atoms with E-state index < -0.39 is 5.97 Å². The lowest BCUT2D eigenvalue weighted by molar-refractivity contribution is -0.131. The van der Waals surface area contributed by atoms with Gasteiger partial charge in [0.1, 0.15) is 10.4 Å². The van der Waals surface area contributed by atoms with Crippen LogP contribution in [0.25, 0.3) is 28.1 Å². The number of carbonyl (C=O) groups is 1. The first-order chi connectivity index (χ1) is 15.6. The van der Waals surface area contributed by atoms with Crippen LogP contribution in [-0.4, -0.2) is 20.6 Å². The summed E-state index contributed by atoms with van der Waals surface area (Å²) in [6, 6.07) is 23.0. The predicted molar refractivity (Wildman–Crippen MR) is 128 cm³/mol. The summed E-state index contributed by atoms with van der Waals surface area (Å²) in [5.41, 5.74) is 4.25. The molecule has 0 aliphatic heterocycles. The zero-order valence-electron chi connectivity index (χ0n) is 16.7. The fourth-order valence-corrected chi connectivity index (χ4v) is 4.44. The summed E-state index contributed by atoms with van der Waals surface area (Å²) in [6.45, 7) is 0.645. The third-order valence-electron chi connectivity index (χ3n) is 5.05. The first-order valence-electron chi connectivity index (χ1n) is 9.87. The largest absolute Gasteiger partial charge is 0.477 e. The maximum absolute atomic E-state index is 12.0. The van der Waals surface area contributed by atoms with Crippen molar-refractivity contribution in [1.29, 1.82) is 0 Å². The van der Waals surface area contributed by atoms with E-state index in [1.165, 1.54) is 0 Å². The lowest BCUT2D eigenvalue weighted by Gasteiger charge is -2.05. The Bertz CT molecular complexity index is 1430. The second kappa shape index (κ2) is 8.57. The Morgan fingerprint density at radius 2 is 1.81 bits per heavy atom. The molecule has 0 spiro atoms. The number of nitrogens with zero attached hydrogens (tertiary/aromatic N) is 2. The number of aliphatic carboxylic acids is 1. The number of aromatic nitrogens is 2. The number of hydrogen-bond acceptors (Lipinski definition) is 4. The fourth-order valence-electron chi connectivity index (χ4n) is 3.57. The molecule has 5 nitrogen and oxygen atoms in total. The number of rotatable bonds is 6. The topological polar surface area (TPSA) is 68.3 Å². The van der Waals surface area contributed by atoms with Crippen molar-refractivity contribution in [3.63, 3.8) is 0 Å². The Kier molecular flexibility index (Phi) is 5.47. The van der Waals surface area contributed by atoms with Gasteiger partial charge >= 0.3 is 5.97 Å². The molecule has 2 heterocycles. The molecule has 0 saturated heterocycles. The maximum Gasteiger partial charge on any atom is 0.342 e. The average Bonchev–Trinajstić information content (AvgIpc) is 3.36. The van der Waals surface area contributed by atoms with Crippen molar-refractivity contribution >= 4 is 57.4 Å². The number of carboxylic acids is 1. The lowest BCUT2D eigenvalue weighted by atomic mass is 10.1. The van der Waals surface area contributed by atoms with Crippen LogP contribution >= 0.6 is 23.4 Å². The van der Waals surface area contributed by atoms with E-state index in [1.807, 2.05) is 72.9 Å². The van der Waals surface area contributed by atoms with Crippen molar-refractivity contribution in [3.8, 4) is 0 Å². The number of benzene rings is 3. The second-order valence-corrected chi connectivity index (χ2v) is 8.65. The summed E-state index contributed by atoms with van der Waals surface area (Å²) in [6.07, 6.45) is 3.64. The number of fused-ring (bicyclic) bond motifs is 2. The van der Waals surface area contributed by atoms with Crippen molar-refractivity contribution < 1.29 is 14.3 Å². The summed E-state index contributed by atoms with van der Waals surface area (Å²) < 4.78 is 7.80. The van der Waals surface area contributed by atoms with E-state index in [9.17, 15) is 9.90 Å². The van der Waals surface area contributed by atoms with Gasteiger partial charge in [0.05, 0.1) is 0 Å². The van der Waals surface area contributed by atoms with E-state index >= 15 is 0 Å². The molecule has 0 atom stereocenters. The summed E-state index contributed by atoms with van der Waals surface area (Å²) in [5.74, 6) is -1.04. The van der Waals surface area contributed by atoms with Gasteiger partial charge in [0, 0.05) is 34.2 Å². The zero-order chi connectivity index (χ0) is 22.1. The Morgan fingerprint density at radius 3 is 2.59 bits per heavy atom. The van der Waals surface area contributed by atoms with Gasteiger partial charge in [-0.15, -0.1) is 0 Å². The molecule has 32 heavy (non-hydrogen) atoms. The second-order valence-electron chi connectivity index (χ2n) is 7.22. The van der Waals surface area contributed by atoms with Crippen LogP contribution in [0, 0.1) is 0 Å². The maximum atomic E-state index is 12.0. The first kappa shape index (κ1) is 20.4. The van der Waals surface area contributed by atoms with E-state index in [0.29, 0.717) is 27.9 Å². The van der Waals surface area contributed by atoms with Gasteiger partial charge in [-0.2, -0.15) is 0 Å². The quantitative estimate of drug-likeness (QED) is 0.225. The molecule has 5 aromatic rings. The normalized spacial score (nSPS) is 12.0. The number of para-hydroxylation sites is 3. The van der Waals surface area contributed by atoms with Crippen LogP contribution in [0.4, 0.5) is 0 Å². The van der Waals surface area contributed by atoms with E-state index in [4.69, 9.17) is 16.0 Å². The molecule has 0 aliphatic rings. The number of thioether (sulfide) groups is 1. The highest BCUT2D eigenvalue weighted by atomic mass is 35.5. The van der Waals surface area contributed by atoms with Gasteiger partial charge in [0.2, 0.25) is 0 Å². The van der Waals surface area contributed by atoms with E-state index in [2.05, 4.69) is 9.55 Å². The molecule has 7 heteroatoms. The van der Waals surface area contributed by atoms with Crippen LogP contribution in [0.3, 0.4) is 0 Å². The molecule has 3 aromatic carbocycles. The van der Waals surface area contributed by atoms with E-state index in [0.717, 1.165) is 33.8 Å². The molecular weight excluding hydrogens is 444 g/mol. The van der Waals surface area contributed by atoms with Gasteiger partial charge in [-0.25, -0.2) is 9.78 Å². The minimum atomic E-state index is -1.04. The summed E-state index contributed by atoms with van der Waals surface area (Å²) in [4.78, 5) is 16.5. The van der Waals surface area contributed by atoms with Gasteiger partial charge in [-0.3, -0.25) is 0 Å². The highest BCUT2D eigenvalue weighted by Gasteiger charge is 2.16. The van der Waals surface area contributed by atoms with Gasteiger partial charge < -0.3 is 14.1 Å². The Morgan fingerprint density at radius 1 is 1.06 bits per heavy atom. The number of oxazole rings is 1. The molecule has 158 valence electrons. The first-order valence-corrected chi connectivity index (χ1v) is 11.1. The minimum absolute atomic E-state index is 0.131. The van der Waals surface area contributed by atoms with Crippen molar-refractivity contribution in [2.45, 2.75) is 11.8 Å². The molecule has 0 amide bonds. The summed E-state index contributed by atoms with van der Waals surface area (Å²) in [5, 5.41) is 11.8. The SMILES string of the molecule is O=C(O)/C(=C/c1cn(Cc2ccc(Cl)cc2)c2ccccc12)Sc1nc2ccccc2o1. The van der Waals surface area contributed by atoms with E-state index in [-0.39, 0.29) is 4.91 Å². The Balaban J connectivity index is 1.52. The summed E-state index contributed by atoms with van der Waals surface area (Å²) >= 11 is 7.01. The molecule has 0 bridgehead atoms. The molecule has 0 saturated carbocycles. The van der Waals surface area contributed by atoms with Crippen molar-refractivity contribution in [2.24, 2.45) is 0 Å². The molecule has 0 unspecified atom stereocenters. The minimum Gasteiger partial charge on any atom is -0.477 e. The van der Waals surface area contributed by atoms with E-state index in [1.54, 1.807) is 12.1 Å². The van der Waals surface area contributed by atoms with Crippen LogP contribution in [0.15, 0.2) is 93.5 Å². The van der Waals surface area contributed by atoms with Crippen molar-refractivity contribution in [3.05, 3.63) is 100 Å². The molecule has 2 aromatic heterocycles. The van der Waals surface area contributed by atoms with Crippen LogP contribution in [-0.2, 0) is 11.3 Å². The Labute approximate surface area is 192 Å². The predicted octanol–water partition coefficient (Wildman–Crippen LogP) is 6.70. The fraction of sp³-hybridized carbons (Fsp3) is 0.0400. The molecule has 1 N–H and O–H groups in total. The third kappa shape index (κ3) is 4.15. The monoisotopic (exact) mass is 460 g/mol. The molecule has 0 fully saturated rings. The summed E-state index contributed by atoms with van der Waals surface area (Å²) in [7, 11) is 0. The van der Waals surface area contributed by atoms with Gasteiger partial charge in [0.15, 0.2) is 5.58 Å². The lowest BCUT2D eigenvalue weighted by Crippen LogP contribution is -1.98. The number of hydrogen-bond donors (Lipinski definition) is 1. The third-order valence-corrected chi connectivity index (χ3v) is 6.17. The van der Waals surface area contributed by atoms with Gasteiger partial charge in [-0.1, -0.05) is 54.1 Å². The van der Waals surface area contributed by atoms with Crippen molar-refractivity contribution in [1.82, 2.24) is 9.55 Å². The standard InChI is InChI=1S/C25H17ClN2O3S/c26-18-11-9-16(10-12-18)14-28-15-17(19-5-1-3-7-21(19)28)13-23(24(29)30)32-25-27-20-6-2-4-8-22(20)31-25/h1-13,15H,14H2,(H,29,30)/b23-13-. The average molecular weight is 461 g/mol. The van der Waals surface area contributed by atoms with Crippen LogP contribution in [0.2, 0.25) is 5.02 Å². The highest BCUT2D eigenvalue weighted by molar-refractivity contribution is 8.03. The van der Waals surface area contributed by atoms with Crippen LogP contribution < -0.4 is 0 Å². The zero-order valence-corrected chi connectivity index (χ0v) is 18.3. The Hall–Kier alpha value is -3.48. The number of carboxylic acid groups (broad SMARTS) is 1.